The standard InChI is InChI=1S/C27H20F3IN2O5/c1-33-20-13-22(35)18(26(37)38)12-17(20)23(24(33)16-7-2-3-8-19(16)27(28,29)30)21(34)9-10-32-25(36)14-5-4-6-15(31)11-14/h2-8,11-13,35H,9-10H2,1H3,(H,32,36)(H,37,38). The number of benzene rings is 3. The molecule has 0 saturated carbocycles. The summed E-state index contributed by atoms with van der Waals surface area (Å²) in [6.45, 7) is -0.107. The monoisotopic (exact) mass is 636 g/mol. The summed E-state index contributed by atoms with van der Waals surface area (Å²) in [5.74, 6) is -3.08. The van der Waals surface area contributed by atoms with E-state index < -0.39 is 40.7 Å². The summed E-state index contributed by atoms with van der Waals surface area (Å²) in [5, 5.41) is 22.4. The number of carbonyl (C=O) groups is 3. The molecule has 4 aromatic rings. The topological polar surface area (TPSA) is 109 Å². The lowest BCUT2D eigenvalue weighted by atomic mass is 9.96. The van der Waals surface area contributed by atoms with Crippen molar-refractivity contribution in [2.45, 2.75) is 12.6 Å². The number of rotatable bonds is 7. The van der Waals surface area contributed by atoms with Gasteiger partial charge in [0.15, 0.2) is 5.78 Å². The van der Waals surface area contributed by atoms with Crippen LogP contribution in [0.4, 0.5) is 13.2 Å². The SMILES string of the molecule is Cn1c(-c2ccccc2C(F)(F)F)c(C(=O)CCNC(=O)c2cccc(I)c2)c2cc(C(=O)O)c(O)cc21. The minimum Gasteiger partial charge on any atom is -0.507 e. The first kappa shape index (κ1) is 27.2. The summed E-state index contributed by atoms with van der Waals surface area (Å²) in [6.07, 6.45) is -5.00. The highest BCUT2D eigenvalue weighted by molar-refractivity contribution is 14.1. The number of ketones is 1. The first-order valence-corrected chi connectivity index (χ1v) is 12.3. The van der Waals surface area contributed by atoms with Gasteiger partial charge in [-0.25, -0.2) is 4.79 Å². The molecule has 1 aromatic heterocycles. The summed E-state index contributed by atoms with van der Waals surface area (Å²) in [7, 11) is 1.43. The van der Waals surface area contributed by atoms with Crippen molar-refractivity contribution < 1.29 is 37.8 Å². The Bertz CT molecular complexity index is 1590. The Morgan fingerprint density at radius 1 is 1.03 bits per heavy atom. The summed E-state index contributed by atoms with van der Waals surface area (Å²) >= 11 is 2.06. The van der Waals surface area contributed by atoms with E-state index in [1.54, 1.807) is 18.2 Å². The number of phenols is 1. The van der Waals surface area contributed by atoms with E-state index in [0.29, 0.717) is 5.56 Å². The quantitative estimate of drug-likeness (QED) is 0.174. The molecule has 3 N–H and O–H groups in total. The molecule has 38 heavy (non-hydrogen) atoms. The molecular weight excluding hydrogens is 616 g/mol. The Hall–Kier alpha value is -3.87. The largest absolute Gasteiger partial charge is 0.507 e. The third-order valence-electron chi connectivity index (χ3n) is 6.04. The van der Waals surface area contributed by atoms with Gasteiger partial charge in [-0.3, -0.25) is 9.59 Å². The van der Waals surface area contributed by atoms with Crippen molar-refractivity contribution in [2.24, 2.45) is 7.05 Å². The number of fused-ring (bicyclic) bond motifs is 1. The summed E-state index contributed by atoms with van der Waals surface area (Å²) < 4.78 is 43.9. The number of halogens is 4. The molecule has 0 atom stereocenters. The van der Waals surface area contributed by atoms with Crippen LogP contribution in [0.3, 0.4) is 0 Å². The maximum absolute atomic E-state index is 13.9. The van der Waals surface area contributed by atoms with Gasteiger partial charge in [0, 0.05) is 46.2 Å². The van der Waals surface area contributed by atoms with E-state index in [9.17, 15) is 37.8 Å². The van der Waals surface area contributed by atoms with Crippen LogP contribution in [0.1, 0.15) is 43.1 Å². The van der Waals surface area contributed by atoms with Gasteiger partial charge in [0.25, 0.3) is 5.91 Å². The van der Waals surface area contributed by atoms with Crippen molar-refractivity contribution in [3.63, 3.8) is 0 Å². The molecule has 11 heteroatoms. The number of aromatic carboxylic acids is 1. The molecule has 0 bridgehead atoms. The second kappa shape index (κ2) is 10.5. The van der Waals surface area contributed by atoms with Crippen LogP contribution in [0.2, 0.25) is 0 Å². The average molecular weight is 636 g/mol. The van der Waals surface area contributed by atoms with Crippen LogP contribution in [0.25, 0.3) is 22.2 Å². The molecule has 0 aliphatic rings. The smallest absolute Gasteiger partial charge is 0.417 e. The molecule has 1 amide bonds. The van der Waals surface area contributed by atoms with Gasteiger partial charge in [0.1, 0.15) is 11.3 Å². The minimum absolute atomic E-state index is 0.0728. The average Bonchev–Trinajstić information content (AvgIpc) is 3.14. The fraction of sp³-hybridized carbons (Fsp3) is 0.148. The fourth-order valence-electron chi connectivity index (χ4n) is 4.32. The van der Waals surface area contributed by atoms with Crippen molar-refractivity contribution in [1.82, 2.24) is 9.88 Å². The van der Waals surface area contributed by atoms with E-state index in [1.165, 1.54) is 29.8 Å². The number of aromatic nitrogens is 1. The lowest BCUT2D eigenvalue weighted by molar-refractivity contribution is -0.137. The zero-order valence-electron chi connectivity index (χ0n) is 19.8. The third kappa shape index (κ3) is 5.23. The van der Waals surface area contributed by atoms with E-state index >= 15 is 0 Å². The van der Waals surface area contributed by atoms with E-state index in [-0.39, 0.29) is 40.7 Å². The highest BCUT2D eigenvalue weighted by Gasteiger charge is 2.36. The Morgan fingerprint density at radius 3 is 2.39 bits per heavy atom. The summed E-state index contributed by atoms with van der Waals surface area (Å²) in [4.78, 5) is 37.6. The summed E-state index contributed by atoms with van der Waals surface area (Å²) in [5.41, 5.74) is -1.41. The van der Waals surface area contributed by atoms with Gasteiger partial charge >= 0.3 is 12.1 Å². The summed E-state index contributed by atoms with van der Waals surface area (Å²) in [6, 6.07) is 13.7. The number of aryl methyl sites for hydroxylation is 1. The van der Waals surface area contributed by atoms with Crippen LogP contribution in [0.5, 0.6) is 5.75 Å². The number of carboxylic acids is 1. The Morgan fingerprint density at radius 2 is 1.74 bits per heavy atom. The molecule has 0 aliphatic heterocycles. The van der Waals surface area contributed by atoms with Gasteiger partial charge in [-0.05, 0) is 52.9 Å². The lowest BCUT2D eigenvalue weighted by Crippen LogP contribution is -2.26. The highest BCUT2D eigenvalue weighted by Crippen LogP contribution is 2.42. The van der Waals surface area contributed by atoms with Crippen LogP contribution in [-0.4, -0.2) is 39.0 Å². The molecule has 0 unspecified atom stereocenters. The van der Waals surface area contributed by atoms with Crippen molar-refractivity contribution in [3.05, 3.63) is 86.5 Å². The van der Waals surface area contributed by atoms with Crippen LogP contribution in [0.15, 0.2) is 60.7 Å². The van der Waals surface area contributed by atoms with Crippen molar-refractivity contribution in [3.8, 4) is 17.0 Å². The van der Waals surface area contributed by atoms with Crippen LogP contribution < -0.4 is 5.32 Å². The van der Waals surface area contributed by atoms with Gasteiger partial charge in [-0.1, -0.05) is 24.3 Å². The highest BCUT2D eigenvalue weighted by atomic mass is 127. The molecule has 0 radical (unpaired) electrons. The lowest BCUT2D eigenvalue weighted by Gasteiger charge is -2.15. The van der Waals surface area contributed by atoms with E-state index in [2.05, 4.69) is 27.9 Å². The van der Waals surface area contributed by atoms with Gasteiger partial charge in [-0.2, -0.15) is 13.2 Å². The zero-order chi connectivity index (χ0) is 27.8. The number of alkyl halides is 3. The predicted octanol–water partition coefficient (Wildman–Crippen LogP) is 5.88. The first-order chi connectivity index (χ1) is 17.9. The Labute approximate surface area is 228 Å². The predicted molar refractivity (Wildman–Crippen MR) is 142 cm³/mol. The molecule has 7 nitrogen and oxygen atoms in total. The molecule has 3 aromatic carbocycles. The zero-order valence-corrected chi connectivity index (χ0v) is 21.9. The first-order valence-electron chi connectivity index (χ1n) is 11.2. The molecule has 4 rings (SSSR count). The Kier molecular flexibility index (Phi) is 7.49. The number of hydrogen-bond acceptors (Lipinski definition) is 4. The minimum atomic E-state index is -4.73. The van der Waals surface area contributed by atoms with Crippen LogP contribution >= 0.6 is 22.6 Å². The third-order valence-corrected chi connectivity index (χ3v) is 6.71. The van der Waals surface area contributed by atoms with Gasteiger partial charge in [-0.15, -0.1) is 0 Å². The van der Waals surface area contributed by atoms with Gasteiger partial charge in [0.2, 0.25) is 0 Å². The number of nitrogens with one attached hydrogen (secondary N) is 1. The number of aromatic hydroxyl groups is 1. The molecule has 0 fully saturated rings. The van der Waals surface area contributed by atoms with Crippen molar-refractivity contribution >= 4 is 51.2 Å². The normalized spacial score (nSPS) is 11.5. The number of carboxylic acid groups (broad SMARTS) is 1. The van der Waals surface area contributed by atoms with Gasteiger partial charge < -0.3 is 20.1 Å². The molecule has 0 saturated heterocycles. The molecule has 0 aliphatic carbocycles. The number of hydrogen-bond donors (Lipinski definition) is 3. The molecule has 196 valence electrons. The number of amides is 1. The number of nitrogens with zero attached hydrogens (tertiary/aromatic N) is 1. The van der Waals surface area contributed by atoms with Crippen LogP contribution in [0, 0.1) is 3.57 Å². The fourth-order valence-corrected chi connectivity index (χ4v) is 4.87. The maximum Gasteiger partial charge on any atom is 0.417 e. The second-order valence-electron chi connectivity index (χ2n) is 8.46. The Balaban J connectivity index is 1.81. The van der Waals surface area contributed by atoms with E-state index in [1.807, 2.05) is 6.07 Å². The maximum atomic E-state index is 13.9. The number of carbonyl (C=O) groups excluding carboxylic acids is 2. The van der Waals surface area contributed by atoms with Gasteiger partial charge in [0.05, 0.1) is 22.3 Å². The van der Waals surface area contributed by atoms with Crippen molar-refractivity contribution in [2.75, 3.05) is 6.54 Å². The molecular formula is C27H20F3IN2O5. The number of Topliss-reactive ketones (excluding diaryl/α,β-unsaturated/α-hetero) is 1. The van der Waals surface area contributed by atoms with E-state index in [4.69, 9.17) is 0 Å². The molecule has 0 spiro atoms. The molecule has 1 heterocycles. The van der Waals surface area contributed by atoms with Crippen LogP contribution in [-0.2, 0) is 13.2 Å². The van der Waals surface area contributed by atoms with E-state index in [0.717, 1.165) is 21.8 Å². The second-order valence-corrected chi connectivity index (χ2v) is 9.70. The van der Waals surface area contributed by atoms with Crippen molar-refractivity contribution in [1.29, 1.82) is 0 Å².